The first-order valence-electron chi connectivity index (χ1n) is 7.64. The number of benzene rings is 2. The Bertz CT molecular complexity index is 664. The van der Waals surface area contributed by atoms with Crippen molar-refractivity contribution in [3.8, 4) is 11.5 Å². The summed E-state index contributed by atoms with van der Waals surface area (Å²) in [5, 5.41) is 0. The Morgan fingerprint density at radius 3 is 2.73 bits per heavy atom. The summed E-state index contributed by atoms with van der Waals surface area (Å²) >= 11 is 0. The van der Waals surface area contributed by atoms with E-state index in [0.717, 1.165) is 22.6 Å². The quantitative estimate of drug-likeness (QED) is 0.855. The van der Waals surface area contributed by atoms with E-state index in [4.69, 9.17) is 9.47 Å². The third-order valence-corrected chi connectivity index (χ3v) is 3.85. The van der Waals surface area contributed by atoms with Gasteiger partial charge in [0.1, 0.15) is 29.5 Å². The van der Waals surface area contributed by atoms with Crippen molar-refractivity contribution < 1.29 is 14.3 Å². The van der Waals surface area contributed by atoms with Crippen LogP contribution in [0.25, 0.3) is 0 Å². The van der Waals surface area contributed by atoms with Gasteiger partial charge in [-0.05, 0) is 25.5 Å². The summed E-state index contributed by atoms with van der Waals surface area (Å²) < 4.78 is 11.9. The Morgan fingerprint density at radius 1 is 1.18 bits per heavy atom. The lowest BCUT2D eigenvalue weighted by Gasteiger charge is -2.17. The molecule has 0 bridgehead atoms. The minimum absolute atomic E-state index is 0.0379. The summed E-state index contributed by atoms with van der Waals surface area (Å²) in [7, 11) is 0. The van der Waals surface area contributed by atoms with E-state index in [1.807, 2.05) is 62.4 Å². The lowest BCUT2D eigenvalue weighted by Crippen LogP contribution is -2.14. The predicted molar refractivity (Wildman–Crippen MR) is 85.3 cm³/mol. The molecule has 0 fully saturated rings. The summed E-state index contributed by atoms with van der Waals surface area (Å²) in [4.78, 5) is 11.8. The van der Waals surface area contributed by atoms with E-state index in [1.54, 1.807) is 0 Å². The summed E-state index contributed by atoms with van der Waals surface area (Å²) in [5.74, 6) is 1.74. The average Bonchev–Trinajstić information content (AvgIpc) is 2.64. The highest BCUT2D eigenvalue weighted by atomic mass is 16.5. The van der Waals surface area contributed by atoms with Crippen LogP contribution in [0.2, 0.25) is 0 Å². The van der Waals surface area contributed by atoms with Crippen LogP contribution in [0.5, 0.6) is 11.5 Å². The van der Waals surface area contributed by atoms with Crippen LogP contribution < -0.4 is 9.47 Å². The van der Waals surface area contributed by atoms with Gasteiger partial charge >= 0.3 is 0 Å². The van der Waals surface area contributed by atoms with E-state index in [1.165, 1.54) is 0 Å². The average molecular weight is 296 g/mol. The van der Waals surface area contributed by atoms with Crippen LogP contribution >= 0.6 is 0 Å². The Labute approximate surface area is 130 Å². The fraction of sp³-hybridized carbons (Fsp3) is 0.316. The molecule has 1 heterocycles. The van der Waals surface area contributed by atoms with Crippen molar-refractivity contribution in [2.75, 3.05) is 0 Å². The number of carbonyl (C=O) groups excluding carboxylic acids is 1. The highest BCUT2D eigenvalue weighted by Gasteiger charge is 2.20. The molecule has 0 radical (unpaired) electrons. The SMILES string of the molecule is C[C@@H]1CC(=O)Cc2ccc(O[C@@H](C)c3ccccc3)cc2O1. The van der Waals surface area contributed by atoms with Gasteiger partial charge in [-0.25, -0.2) is 0 Å². The summed E-state index contributed by atoms with van der Waals surface area (Å²) in [6.45, 7) is 3.95. The van der Waals surface area contributed by atoms with Crippen molar-refractivity contribution in [2.24, 2.45) is 0 Å². The molecule has 2 atom stereocenters. The molecule has 3 rings (SSSR count). The summed E-state index contributed by atoms with van der Waals surface area (Å²) in [6, 6.07) is 15.8. The van der Waals surface area contributed by atoms with Gasteiger partial charge in [0.15, 0.2) is 0 Å². The molecular weight excluding hydrogens is 276 g/mol. The van der Waals surface area contributed by atoms with E-state index in [9.17, 15) is 4.79 Å². The molecule has 0 saturated heterocycles. The fourth-order valence-corrected chi connectivity index (χ4v) is 2.72. The Balaban J connectivity index is 1.80. The Morgan fingerprint density at radius 2 is 1.95 bits per heavy atom. The molecule has 2 aromatic carbocycles. The highest BCUT2D eigenvalue weighted by Crippen LogP contribution is 2.31. The second-order valence-electron chi connectivity index (χ2n) is 5.79. The van der Waals surface area contributed by atoms with Gasteiger partial charge in [0.05, 0.1) is 0 Å². The molecule has 3 nitrogen and oxygen atoms in total. The standard InChI is InChI=1S/C19H20O3/c1-13-10-17(20)11-16-8-9-18(12-19(16)21-13)22-14(2)15-6-4-3-5-7-15/h3-9,12-14H,10-11H2,1-2H3/t13-,14+/m1/s1. The number of ketones is 1. The zero-order valence-electron chi connectivity index (χ0n) is 12.9. The number of hydrogen-bond donors (Lipinski definition) is 0. The maximum absolute atomic E-state index is 11.8. The summed E-state index contributed by atoms with van der Waals surface area (Å²) in [6.07, 6.45) is 0.777. The van der Waals surface area contributed by atoms with Crippen LogP contribution in [-0.4, -0.2) is 11.9 Å². The van der Waals surface area contributed by atoms with Gasteiger partial charge in [-0.3, -0.25) is 4.79 Å². The van der Waals surface area contributed by atoms with Crippen LogP contribution in [0, 0.1) is 0 Å². The number of fused-ring (bicyclic) bond motifs is 1. The molecule has 3 heteroatoms. The second-order valence-corrected chi connectivity index (χ2v) is 5.79. The molecule has 0 aliphatic carbocycles. The minimum Gasteiger partial charge on any atom is -0.490 e. The van der Waals surface area contributed by atoms with Gasteiger partial charge in [0.2, 0.25) is 0 Å². The number of ether oxygens (including phenoxy) is 2. The minimum atomic E-state index is -0.0875. The number of carbonyl (C=O) groups is 1. The molecule has 0 amide bonds. The zero-order valence-corrected chi connectivity index (χ0v) is 12.9. The third-order valence-electron chi connectivity index (χ3n) is 3.85. The number of rotatable bonds is 3. The number of Topliss-reactive ketones (excluding diaryl/α,β-unsaturated/α-hetero) is 1. The fourth-order valence-electron chi connectivity index (χ4n) is 2.72. The van der Waals surface area contributed by atoms with Gasteiger partial charge < -0.3 is 9.47 Å². The lowest BCUT2D eigenvalue weighted by atomic mass is 10.1. The molecule has 114 valence electrons. The molecule has 22 heavy (non-hydrogen) atoms. The Kier molecular flexibility index (Phi) is 4.14. The number of hydrogen-bond acceptors (Lipinski definition) is 3. The van der Waals surface area contributed by atoms with Crippen LogP contribution in [0.15, 0.2) is 48.5 Å². The van der Waals surface area contributed by atoms with Crippen molar-refractivity contribution >= 4 is 5.78 Å². The van der Waals surface area contributed by atoms with E-state index < -0.39 is 0 Å². The topological polar surface area (TPSA) is 35.5 Å². The molecule has 0 aromatic heterocycles. The largest absolute Gasteiger partial charge is 0.490 e. The first-order chi connectivity index (χ1) is 10.6. The van der Waals surface area contributed by atoms with Crippen molar-refractivity contribution in [3.05, 3.63) is 59.7 Å². The van der Waals surface area contributed by atoms with Crippen molar-refractivity contribution in [1.29, 1.82) is 0 Å². The van der Waals surface area contributed by atoms with Gasteiger partial charge in [-0.15, -0.1) is 0 Å². The van der Waals surface area contributed by atoms with Gasteiger partial charge in [-0.2, -0.15) is 0 Å². The van der Waals surface area contributed by atoms with Gasteiger partial charge in [-0.1, -0.05) is 36.4 Å². The first kappa shape index (κ1) is 14.6. The highest BCUT2D eigenvalue weighted by molar-refractivity contribution is 5.82. The van der Waals surface area contributed by atoms with E-state index in [0.29, 0.717) is 12.8 Å². The molecule has 0 spiro atoms. The second kappa shape index (κ2) is 6.22. The lowest BCUT2D eigenvalue weighted by molar-refractivity contribution is -0.119. The third kappa shape index (κ3) is 3.30. The summed E-state index contributed by atoms with van der Waals surface area (Å²) in [5.41, 5.74) is 2.07. The molecule has 2 aromatic rings. The van der Waals surface area contributed by atoms with Crippen molar-refractivity contribution in [2.45, 2.75) is 38.9 Å². The normalized spacial score (nSPS) is 18.8. The van der Waals surface area contributed by atoms with Gasteiger partial charge in [0, 0.05) is 24.5 Å². The molecule has 0 unspecified atom stereocenters. The molecule has 0 saturated carbocycles. The molecule has 1 aliphatic heterocycles. The van der Waals surface area contributed by atoms with Gasteiger partial charge in [0.25, 0.3) is 0 Å². The molecular formula is C19H20O3. The maximum atomic E-state index is 11.8. The van der Waals surface area contributed by atoms with Crippen LogP contribution in [-0.2, 0) is 11.2 Å². The van der Waals surface area contributed by atoms with Crippen molar-refractivity contribution in [1.82, 2.24) is 0 Å². The maximum Gasteiger partial charge on any atom is 0.141 e. The van der Waals surface area contributed by atoms with Crippen LogP contribution in [0.4, 0.5) is 0 Å². The molecule has 1 aliphatic rings. The predicted octanol–water partition coefficient (Wildman–Crippen LogP) is 4.11. The van der Waals surface area contributed by atoms with Crippen LogP contribution in [0.3, 0.4) is 0 Å². The monoisotopic (exact) mass is 296 g/mol. The molecule has 0 N–H and O–H groups in total. The van der Waals surface area contributed by atoms with Crippen molar-refractivity contribution in [3.63, 3.8) is 0 Å². The first-order valence-corrected chi connectivity index (χ1v) is 7.64. The van der Waals surface area contributed by atoms with E-state index >= 15 is 0 Å². The smallest absolute Gasteiger partial charge is 0.141 e. The van der Waals surface area contributed by atoms with E-state index in [-0.39, 0.29) is 18.0 Å². The Hall–Kier alpha value is -2.29. The van der Waals surface area contributed by atoms with Crippen LogP contribution in [0.1, 0.15) is 37.5 Å². The zero-order chi connectivity index (χ0) is 15.5. The van der Waals surface area contributed by atoms with E-state index in [2.05, 4.69) is 0 Å².